The van der Waals surface area contributed by atoms with Crippen molar-refractivity contribution in [2.45, 2.75) is 13.8 Å². The number of ether oxygens (including phenoxy) is 1. The number of methoxy groups -OCH3 is 1. The van der Waals surface area contributed by atoms with Crippen LogP contribution in [0.5, 0.6) is 0 Å². The second-order valence-electron chi connectivity index (χ2n) is 6.04. The Morgan fingerprint density at radius 2 is 1.89 bits per heavy atom. The SMILES string of the molecule is COC(=O)c1cc(N=Cc2c(C)[nH]n(-c3ccc(C)cc3)c2=O)ccc1Cl. The molecule has 138 valence electrons. The Morgan fingerprint density at radius 1 is 1.19 bits per heavy atom. The van der Waals surface area contributed by atoms with Crippen molar-refractivity contribution in [3.8, 4) is 5.69 Å². The third-order valence-corrected chi connectivity index (χ3v) is 4.44. The number of rotatable bonds is 4. The number of hydrogen-bond donors (Lipinski definition) is 1. The van der Waals surface area contributed by atoms with E-state index >= 15 is 0 Å². The molecule has 0 fully saturated rings. The molecule has 0 spiro atoms. The van der Waals surface area contributed by atoms with Gasteiger partial charge in [-0.15, -0.1) is 0 Å². The summed E-state index contributed by atoms with van der Waals surface area (Å²) >= 11 is 6.01. The van der Waals surface area contributed by atoms with Gasteiger partial charge in [-0.05, 0) is 44.2 Å². The number of nitrogens with zero attached hydrogens (tertiary/aromatic N) is 2. The van der Waals surface area contributed by atoms with Gasteiger partial charge in [0.2, 0.25) is 0 Å². The summed E-state index contributed by atoms with van der Waals surface area (Å²) in [5, 5.41) is 3.33. The Kier molecular flexibility index (Phi) is 5.28. The van der Waals surface area contributed by atoms with Gasteiger partial charge in [-0.3, -0.25) is 14.9 Å². The van der Waals surface area contributed by atoms with Gasteiger partial charge in [-0.25, -0.2) is 9.48 Å². The van der Waals surface area contributed by atoms with E-state index in [1.807, 2.05) is 31.2 Å². The highest BCUT2D eigenvalue weighted by Crippen LogP contribution is 2.23. The summed E-state index contributed by atoms with van der Waals surface area (Å²) in [5.41, 5.74) is 3.48. The average molecular weight is 384 g/mol. The zero-order valence-electron chi connectivity index (χ0n) is 15.1. The van der Waals surface area contributed by atoms with Crippen LogP contribution in [0.1, 0.15) is 27.2 Å². The Balaban J connectivity index is 1.96. The molecule has 0 unspecified atom stereocenters. The first-order chi connectivity index (χ1) is 12.9. The summed E-state index contributed by atoms with van der Waals surface area (Å²) in [5.74, 6) is -0.545. The molecule has 0 aliphatic heterocycles. The number of benzene rings is 2. The van der Waals surface area contributed by atoms with Crippen molar-refractivity contribution in [2.75, 3.05) is 7.11 Å². The normalized spacial score (nSPS) is 11.1. The largest absolute Gasteiger partial charge is 0.465 e. The van der Waals surface area contributed by atoms with Gasteiger partial charge in [-0.2, -0.15) is 0 Å². The number of H-pyrrole nitrogens is 1. The number of halogens is 1. The maximum absolute atomic E-state index is 12.7. The first-order valence-corrected chi connectivity index (χ1v) is 8.59. The van der Waals surface area contributed by atoms with Crippen LogP contribution < -0.4 is 5.56 Å². The Morgan fingerprint density at radius 3 is 2.56 bits per heavy atom. The summed E-state index contributed by atoms with van der Waals surface area (Å²) in [6.45, 7) is 3.79. The average Bonchev–Trinajstić information content (AvgIpc) is 2.95. The zero-order valence-corrected chi connectivity index (χ0v) is 15.9. The fourth-order valence-corrected chi connectivity index (χ4v) is 2.78. The smallest absolute Gasteiger partial charge is 0.339 e. The van der Waals surface area contributed by atoms with Crippen LogP contribution in [-0.2, 0) is 4.74 Å². The first-order valence-electron chi connectivity index (χ1n) is 8.21. The molecule has 0 aliphatic carbocycles. The van der Waals surface area contributed by atoms with Crippen molar-refractivity contribution in [1.82, 2.24) is 9.78 Å². The van der Waals surface area contributed by atoms with E-state index in [2.05, 4.69) is 10.1 Å². The number of aryl methyl sites for hydroxylation is 2. The summed E-state index contributed by atoms with van der Waals surface area (Å²) in [6, 6.07) is 12.4. The van der Waals surface area contributed by atoms with Gasteiger partial charge >= 0.3 is 5.97 Å². The Bertz CT molecular complexity index is 1080. The lowest BCUT2D eigenvalue weighted by atomic mass is 10.2. The molecular weight excluding hydrogens is 366 g/mol. The third kappa shape index (κ3) is 3.85. The summed E-state index contributed by atoms with van der Waals surface area (Å²) in [6.07, 6.45) is 1.48. The van der Waals surface area contributed by atoms with Crippen molar-refractivity contribution in [1.29, 1.82) is 0 Å². The minimum atomic E-state index is -0.545. The molecule has 1 heterocycles. The number of aromatic amines is 1. The van der Waals surface area contributed by atoms with Gasteiger partial charge in [0.25, 0.3) is 5.56 Å². The van der Waals surface area contributed by atoms with Gasteiger partial charge in [0.05, 0.1) is 34.6 Å². The highest BCUT2D eigenvalue weighted by molar-refractivity contribution is 6.33. The maximum Gasteiger partial charge on any atom is 0.339 e. The lowest BCUT2D eigenvalue weighted by molar-refractivity contribution is 0.0601. The third-order valence-electron chi connectivity index (χ3n) is 4.11. The van der Waals surface area contributed by atoms with E-state index in [0.29, 0.717) is 16.9 Å². The van der Waals surface area contributed by atoms with Crippen molar-refractivity contribution in [2.24, 2.45) is 4.99 Å². The molecule has 0 atom stereocenters. The Labute approximate surface area is 161 Å². The fraction of sp³-hybridized carbons (Fsp3) is 0.150. The van der Waals surface area contributed by atoms with Crippen LogP contribution in [0, 0.1) is 13.8 Å². The quantitative estimate of drug-likeness (QED) is 0.547. The minimum absolute atomic E-state index is 0.206. The second kappa shape index (κ2) is 7.63. The predicted molar refractivity (Wildman–Crippen MR) is 106 cm³/mol. The fourth-order valence-electron chi connectivity index (χ4n) is 2.59. The van der Waals surface area contributed by atoms with E-state index in [4.69, 9.17) is 16.3 Å². The van der Waals surface area contributed by atoms with Crippen molar-refractivity contribution in [3.05, 3.63) is 80.2 Å². The molecule has 27 heavy (non-hydrogen) atoms. The minimum Gasteiger partial charge on any atom is -0.465 e. The van der Waals surface area contributed by atoms with Crippen LogP contribution in [-0.4, -0.2) is 29.1 Å². The monoisotopic (exact) mass is 383 g/mol. The molecule has 0 bridgehead atoms. The van der Waals surface area contributed by atoms with Crippen LogP contribution in [0.3, 0.4) is 0 Å². The molecule has 0 radical (unpaired) electrons. The standard InChI is InChI=1S/C20H18ClN3O3/c1-12-4-7-15(8-5-12)24-19(25)17(13(2)23-24)11-22-14-6-9-18(21)16(10-14)20(26)27-3/h4-11,23H,1-3H3. The van der Waals surface area contributed by atoms with Gasteiger partial charge < -0.3 is 4.74 Å². The first kappa shape index (κ1) is 18.7. The van der Waals surface area contributed by atoms with Gasteiger partial charge in [0, 0.05) is 11.9 Å². The van der Waals surface area contributed by atoms with E-state index in [-0.39, 0.29) is 16.1 Å². The van der Waals surface area contributed by atoms with E-state index < -0.39 is 5.97 Å². The molecule has 3 rings (SSSR count). The molecule has 0 saturated carbocycles. The van der Waals surface area contributed by atoms with Crippen molar-refractivity contribution < 1.29 is 9.53 Å². The number of hydrogen-bond acceptors (Lipinski definition) is 4. The topological polar surface area (TPSA) is 76.4 Å². The molecule has 1 aromatic heterocycles. The zero-order chi connectivity index (χ0) is 19.6. The predicted octanol–water partition coefficient (Wildman–Crippen LogP) is 3.97. The van der Waals surface area contributed by atoms with Crippen LogP contribution in [0.25, 0.3) is 5.69 Å². The molecule has 7 heteroatoms. The summed E-state index contributed by atoms with van der Waals surface area (Å²) in [7, 11) is 1.28. The van der Waals surface area contributed by atoms with Gasteiger partial charge in [-0.1, -0.05) is 29.3 Å². The molecule has 3 aromatic rings. The van der Waals surface area contributed by atoms with Gasteiger partial charge in [0.15, 0.2) is 0 Å². The highest BCUT2D eigenvalue weighted by atomic mass is 35.5. The van der Waals surface area contributed by atoms with Crippen LogP contribution in [0.15, 0.2) is 52.3 Å². The van der Waals surface area contributed by atoms with E-state index in [1.165, 1.54) is 24.1 Å². The molecule has 1 N–H and O–H groups in total. The highest BCUT2D eigenvalue weighted by Gasteiger charge is 2.13. The van der Waals surface area contributed by atoms with E-state index in [0.717, 1.165) is 11.3 Å². The van der Waals surface area contributed by atoms with E-state index in [9.17, 15) is 9.59 Å². The summed E-state index contributed by atoms with van der Waals surface area (Å²) < 4.78 is 6.17. The summed E-state index contributed by atoms with van der Waals surface area (Å²) in [4.78, 5) is 28.8. The molecule has 0 amide bonds. The maximum atomic E-state index is 12.7. The molecule has 2 aromatic carbocycles. The Hall–Kier alpha value is -3.12. The number of carbonyl (C=O) groups is 1. The number of carbonyl (C=O) groups excluding carboxylic acids is 1. The molecule has 0 saturated heterocycles. The number of aliphatic imine (C=N–C) groups is 1. The van der Waals surface area contributed by atoms with Crippen molar-refractivity contribution in [3.63, 3.8) is 0 Å². The van der Waals surface area contributed by atoms with Gasteiger partial charge in [0.1, 0.15) is 0 Å². The number of esters is 1. The number of aromatic nitrogens is 2. The lowest BCUT2D eigenvalue weighted by Gasteiger charge is -2.02. The van der Waals surface area contributed by atoms with Crippen molar-refractivity contribution >= 4 is 29.5 Å². The molecule has 0 aliphatic rings. The lowest BCUT2D eigenvalue weighted by Crippen LogP contribution is -2.17. The van der Waals surface area contributed by atoms with Crippen LogP contribution >= 0.6 is 11.6 Å². The molecule has 6 nitrogen and oxygen atoms in total. The second-order valence-corrected chi connectivity index (χ2v) is 6.45. The number of nitrogens with one attached hydrogen (secondary N) is 1. The van der Waals surface area contributed by atoms with Crippen LogP contribution in [0.4, 0.5) is 5.69 Å². The van der Waals surface area contributed by atoms with E-state index in [1.54, 1.807) is 19.1 Å². The van der Waals surface area contributed by atoms with Crippen LogP contribution in [0.2, 0.25) is 5.02 Å². The molecular formula is C20H18ClN3O3.